The third-order valence-electron chi connectivity index (χ3n) is 5.27. The van der Waals surface area contributed by atoms with Crippen molar-refractivity contribution in [2.45, 2.75) is 38.5 Å². The third-order valence-corrected chi connectivity index (χ3v) is 5.27. The number of aryl methyl sites for hydroxylation is 1. The van der Waals surface area contributed by atoms with E-state index in [1.807, 2.05) is 0 Å². The number of halogens is 1. The quantitative estimate of drug-likeness (QED) is 0.610. The molecule has 1 aliphatic carbocycles. The number of aliphatic carboxylic acids is 1. The Morgan fingerprint density at radius 1 is 1.10 bits per heavy atom. The fourth-order valence-corrected chi connectivity index (χ4v) is 3.77. The molecule has 0 radical (unpaired) electrons. The molecular weight excluding hydrogens is 379 g/mol. The molecule has 0 bridgehead atoms. The second-order valence-electron chi connectivity index (χ2n) is 7.12. The van der Waals surface area contributed by atoms with Gasteiger partial charge in [-0.25, -0.2) is 14.3 Å². The lowest BCUT2D eigenvalue weighted by molar-refractivity contribution is -0.133. The van der Waals surface area contributed by atoms with Gasteiger partial charge in [0.1, 0.15) is 0 Å². The molecule has 1 aromatic heterocycles. The van der Waals surface area contributed by atoms with Gasteiger partial charge < -0.3 is 14.9 Å². The maximum atomic E-state index is 14.0. The van der Waals surface area contributed by atoms with Crippen molar-refractivity contribution >= 4 is 33.6 Å². The van der Waals surface area contributed by atoms with Gasteiger partial charge in [-0.1, -0.05) is 6.07 Å². The predicted molar refractivity (Wildman–Crippen MR) is 104 cm³/mol. The summed E-state index contributed by atoms with van der Waals surface area (Å²) in [4.78, 5) is 35.1. The fourth-order valence-electron chi connectivity index (χ4n) is 3.77. The molecule has 0 saturated carbocycles. The van der Waals surface area contributed by atoms with Gasteiger partial charge in [-0.05, 0) is 50.3 Å². The zero-order valence-electron chi connectivity index (χ0n) is 15.5. The summed E-state index contributed by atoms with van der Waals surface area (Å²) < 4.78 is 19.5. The number of benzene rings is 2. The van der Waals surface area contributed by atoms with Crippen molar-refractivity contribution in [1.82, 2.24) is 10.5 Å². The van der Waals surface area contributed by atoms with Gasteiger partial charge >= 0.3 is 5.97 Å². The minimum Gasteiger partial charge on any atom is -0.478 e. The van der Waals surface area contributed by atoms with Crippen molar-refractivity contribution in [2.24, 2.45) is 0 Å². The van der Waals surface area contributed by atoms with Crippen LogP contribution in [0.25, 0.3) is 21.7 Å². The fraction of sp³-hybridized carbons (Fsp3) is 0.286. The van der Waals surface area contributed by atoms with Crippen LogP contribution in [-0.4, -0.2) is 22.1 Å². The summed E-state index contributed by atoms with van der Waals surface area (Å²) in [5.41, 5.74) is 1.17. The van der Waals surface area contributed by atoms with Gasteiger partial charge in [0.25, 0.3) is 0 Å². The second kappa shape index (κ2) is 7.54. The van der Waals surface area contributed by atoms with Crippen molar-refractivity contribution < 1.29 is 23.6 Å². The van der Waals surface area contributed by atoms with Crippen LogP contribution in [0, 0.1) is 5.82 Å². The number of nitrogens with one attached hydrogen (secondary N) is 2. The van der Waals surface area contributed by atoms with Crippen molar-refractivity contribution in [1.29, 1.82) is 0 Å². The molecular formula is C21H19FN2O5. The van der Waals surface area contributed by atoms with E-state index in [0.717, 1.165) is 18.9 Å². The minimum absolute atomic E-state index is 0.132. The molecule has 8 heteroatoms. The van der Waals surface area contributed by atoms with Gasteiger partial charge in [0.2, 0.25) is 11.3 Å². The molecule has 150 valence electrons. The van der Waals surface area contributed by atoms with E-state index in [1.54, 1.807) is 6.07 Å². The minimum atomic E-state index is -0.991. The SMILES string of the molecule is O=C(CCc1[nH]oc2c1ccc1c(F)c(=O)ccc12)NC1=C(C(=O)O)CCCC1. The van der Waals surface area contributed by atoms with Crippen LogP contribution in [0.2, 0.25) is 0 Å². The summed E-state index contributed by atoms with van der Waals surface area (Å²) in [5.74, 6) is -2.09. The number of carbonyl (C=O) groups is 2. The highest BCUT2D eigenvalue weighted by atomic mass is 19.1. The summed E-state index contributed by atoms with van der Waals surface area (Å²) in [6.45, 7) is 0. The van der Waals surface area contributed by atoms with Crippen molar-refractivity contribution in [3.63, 3.8) is 0 Å². The Hall–Kier alpha value is -3.42. The Morgan fingerprint density at radius 3 is 2.62 bits per heavy atom. The Kier molecular flexibility index (Phi) is 4.92. The molecule has 0 aliphatic heterocycles. The number of carboxylic acids is 1. The van der Waals surface area contributed by atoms with Crippen LogP contribution in [0.1, 0.15) is 37.8 Å². The van der Waals surface area contributed by atoms with Crippen LogP contribution < -0.4 is 10.7 Å². The number of carbonyl (C=O) groups excluding carboxylic acids is 1. The molecule has 1 heterocycles. The average molecular weight is 398 g/mol. The molecule has 0 unspecified atom stereocenters. The van der Waals surface area contributed by atoms with Crippen LogP contribution in [0.4, 0.5) is 4.39 Å². The summed E-state index contributed by atoms with van der Waals surface area (Å²) in [7, 11) is 0. The Bertz CT molecular complexity index is 1220. The standard InChI is InChI=1S/C21H19FN2O5/c22-19-11-5-6-13-16(24-29-20(13)12(11)7-9-17(19)25)8-10-18(26)23-15-4-2-1-3-14(15)21(27)28/h5-7,9,24H,1-4,8,10H2,(H,23,26)(H,27,28). The third kappa shape index (κ3) is 3.53. The summed E-state index contributed by atoms with van der Waals surface area (Å²) in [6, 6.07) is 5.84. The van der Waals surface area contributed by atoms with Gasteiger partial charge in [0, 0.05) is 28.3 Å². The molecule has 1 aliphatic rings. The lowest BCUT2D eigenvalue weighted by Gasteiger charge is -2.18. The number of aromatic nitrogens is 1. The zero-order valence-corrected chi connectivity index (χ0v) is 15.5. The van der Waals surface area contributed by atoms with Crippen molar-refractivity contribution in [3.8, 4) is 0 Å². The van der Waals surface area contributed by atoms with Crippen LogP contribution in [0.5, 0.6) is 0 Å². The number of H-pyrrole nitrogens is 1. The largest absolute Gasteiger partial charge is 0.478 e. The molecule has 2 aromatic carbocycles. The smallest absolute Gasteiger partial charge is 0.333 e. The maximum Gasteiger partial charge on any atom is 0.333 e. The lowest BCUT2D eigenvalue weighted by atomic mass is 9.96. The summed E-state index contributed by atoms with van der Waals surface area (Å²) in [6.07, 6.45) is 3.13. The molecule has 4 rings (SSSR count). The Balaban J connectivity index is 1.54. The molecule has 7 nitrogen and oxygen atoms in total. The number of aromatic amines is 1. The highest BCUT2D eigenvalue weighted by molar-refractivity contribution is 6.05. The highest BCUT2D eigenvalue weighted by Crippen LogP contribution is 2.29. The Morgan fingerprint density at radius 2 is 1.83 bits per heavy atom. The number of carboxylic acid groups (broad SMARTS) is 1. The van der Waals surface area contributed by atoms with Gasteiger partial charge in [-0.2, -0.15) is 0 Å². The molecule has 29 heavy (non-hydrogen) atoms. The second-order valence-corrected chi connectivity index (χ2v) is 7.12. The van der Waals surface area contributed by atoms with Gasteiger partial charge in [-0.15, -0.1) is 0 Å². The van der Waals surface area contributed by atoms with Crippen LogP contribution >= 0.6 is 0 Å². The lowest BCUT2D eigenvalue weighted by Crippen LogP contribution is -2.27. The number of fused-ring (bicyclic) bond motifs is 3. The van der Waals surface area contributed by atoms with E-state index < -0.39 is 17.2 Å². The Labute approximate surface area is 164 Å². The first-order valence-electron chi connectivity index (χ1n) is 9.42. The molecule has 0 saturated heterocycles. The first-order chi connectivity index (χ1) is 14.0. The number of hydrogen-bond donors (Lipinski definition) is 3. The van der Waals surface area contributed by atoms with Crippen LogP contribution in [-0.2, 0) is 16.0 Å². The normalized spacial score (nSPS) is 14.5. The maximum absolute atomic E-state index is 14.0. The highest BCUT2D eigenvalue weighted by Gasteiger charge is 2.20. The van der Waals surface area contributed by atoms with Gasteiger partial charge in [0.05, 0.1) is 11.3 Å². The number of amides is 1. The van der Waals surface area contributed by atoms with Gasteiger partial charge in [-0.3, -0.25) is 9.59 Å². The predicted octanol–water partition coefficient (Wildman–Crippen LogP) is 3.37. The molecule has 0 fully saturated rings. The summed E-state index contributed by atoms with van der Waals surface area (Å²) in [5, 5.41) is 16.1. The number of rotatable bonds is 5. The van der Waals surface area contributed by atoms with E-state index in [2.05, 4.69) is 10.5 Å². The van der Waals surface area contributed by atoms with E-state index in [0.29, 0.717) is 47.0 Å². The molecule has 3 N–H and O–H groups in total. The topological polar surface area (TPSA) is 112 Å². The first-order valence-corrected chi connectivity index (χ1v) is 9.42. The molecule has 0 spiro atoms. The first kappa shape index (κ1) is 18.9. The number of hydrogen-bond acceptors (Lipinski definition) is 4. The number of allylic oxidation sites excluding steroid dienone is 1. The van der Waals surface area contributed by atoms with Crippen molar-refractivity contribution in [2.75, 3.05) is 0 Å². The van der Waals surface area contributed by atoms with Crippen LogP contribution in [0.3, 0.4) is 0 Å². The summed E-state index contributed by atoms with van der Waals surface area (Å²) >= 11 is 0. The van der Waals surface area contributed by atoms with E-state index in [4.69, 9.17) is 4.52 Å². The van der Waals surface area contributed by atoms with E-state index in [1.165, 1.54) is 12.1 Å². The van der Waals surface area contributed by atoms with E-state index >= 15 is 0 Å². The molecule has 1 amide bonds. The van der Waals surface area contributed by atoms with E-state index in [9.17, 15) is 23.9 Å². The van der Waals surface area contributed by atoms with Crippen molar-refractivity contribution in [3.05, 3.63) is 57.3 Å². The monoisotopic (exact) mass is 398 g/mol. The average Bonchev–Trinajstić information content (AvgIpc) is 3.13. The van der Waals surface area contributed by atoms with Crippen LogP contribution in [0.15, 0.2) is 44.9 Å². The zero-order chi connectivity index (χ0) is 20.5. The van der Waals surface area contributed by atoms with E-state index in [-0.39, 0.29) is 23.3 Å². The van der Waals surface area contributed by atoms with Gasteiger partial charge in [0.15, 0.2) is 11.4 Å². The molecule has 3 aromatic rings. The molecule has 0 atom stereocenters.